The number of hydrogen-bond acceptors (Lipinski definition) is 2. The van der Waals surface area contributed by atoms with Gasteiger partial charge in [0.15, 0.2) is 0 Å². The van der Waals surface area contributed by atoms with Gasteiger partial charge in [0.2, 0.25) is 0 Å². The van der Waals surface area contributed by atoms with Crippen molar-refractivity contribution in [3.8, 4) is 17.0 Å². The zero-order chi connectivity index (χ0) is 12.3. The third-order valence-corrected chi connectivity index (χ3v) is 2.59. The molecule has 2 nitrogen and oxygen atoms in total. The van der Waals surface area contributed by atoms with E-state index in [9.17, 15) is 0 Å². The highest BCUT2D eigenvalue weighted by Crippen LogP contribution is 2.23. The van der Waals surface area contributed by atoms with Crippen molar-refractivity contribution in [2.24, 2.45) is 0 Å². The fraction of sp³-hybridized carbons (Fsp3) is 0.214. The predicted octanol–water partition coefficient (Wildman–Crippen LogP) is 4.11. The van der Waals surface area contributed by atoms with Crippen LogP contribution in [0.5, 0.6) is 5.75 Å². The number of nitrogens with zero attached hydrogens (tertiary/aromatic N) is 1. The van der Waals surface area contributed by atoms with E-state index in [4.69, 9.17) is 16.3 Å². The summed E-state index contributed by atoms with van der Waals surface area (Å²) in [4.78, 5) is 4.30. The smallest absolute Gasteiger partial charge is 0.130 e. The molecule has 1 aromatic heterocycles. The van der Waals surface area contributed by atoms with Crippen molar-refractivity contribution in [1.82, 2.24) is 4.98 Å². The molecule has 0 fully saturated rings. The Morgan fingerprint density at radius 3 is 2.47 bits per heavy atom. The highest BCUT2D eigenvalue weighted by molar-refractivity contribution is 6.29. The molecule has 0 aliphatic rings. The monoisotopic (exact) mass is 247 g/mol. The minimum absolute atomic E-state index is 0.522. The van der Waals surface area contributed by atoms with Gasteiger partial charge in [-0.1, -0.05) is 11.6 Å². The molecule has 0 atom stereocenters. The molecule has 0 aliphatic heterocycles. The Morgan fingerprint density at radius 2 is 1.88 bits per heavy atom. The Bertz CT molecular complexity index is 488. The predicted molar refractivity (Wildman–Crippen MR) is 70.6 cm³/mol. The molecule has 17 heavy (non-hydrogen) atoms. The van der Waals surface area contributed by atoms with Crippen molar-refractivity contribution >= 4 is 11.6 Å². The topological polar surface area (TPSA) is 22.1 Å². The summed E-state index contributed by atoms with van der Waals surface area (Å²) in [6.45, 7) is 4.65. The van der Waals surface area contributed by atoms with E-state index in [1.54, 1.807) is 0 Å². The number of ether oxygens (including phenoxy) is 1. The molecule has 0 bridgehead atoms. The van der Waals surface area contributed by atoms with E-state index < -0.39 is 0 Å². The molecule has 0 spiro atoms. The lowest BCUT2D eigenvalue weighted by molar-refractivity contribution is 0.340. The van der Waals surface area contributed by atoms with Gasteiger partial charge in [0.25, 0.3) is 0 Å². The van der Waals surface area contributed by atoms with Gasteiger partial charge < -0.3 is 4.74 Å². The minimum atomic E-state index is 0.522. The van der Waals surface area contributed by atoms with Gasteiger partial charge >= 0.3 is 0 Å². The van der Waals surface area contributed by atoms with Crippen LogP contribution in [0.1, 0.15) is 12.5 Å². The average Bonchev–Trinajstić information content (AvgIpc) is 2.29. The van der Waals surface area contributed by atoms with E-state index in [-0.39, 0.29) is 0 Å². The summed E-state index contributed by atoms with van der Waals surface area (Å²) in [5, 5.41) is 0.522. The molecule has 1 aromatic carbocycles. The highest BCUT2D eigenvalue weighted by Gasteiger charge is 2.02. The quantitative estimate of drug-likeness (QED) is 0.762. The summed E-state index contributed by atoms with van der Waals surface area (Å²) in [6, 6.07) is 11.7. The third-order valence-electron chi connectivity index (χ3n) is 2.40. The summed E-state index contributed by atoms with van der Waals surface area (Å²) in [6.07, 6.45) is 0. The molecule has 0 unspecified atom stereocenters. The van der Waals surface area contributed by atoms with E-state index in [0.29, 0.717) is 11.8 Å². The summed E-state index contributed by atoms with van der Waals surface area (Å²) in [7, 11) is 0. The van der Waals surface area contributed by atoms with Crippen LogP contribution in [0.2, 0.25) is 5.15 Å². The largest absolute Gasteiger partial charge is 0.494 e. The van der Waals surface area contributed by atoms with Gasteiger partial charge in [0.05, 0.1) is 12.3 Å². The SMILES string of the molecule is CCOc1ccc(-c2cc(C)cc(Cl)n2)cc1. The molecule has 88 valence electrons. The van der Waals surface area contributed by atoms with Crippen LogP contribution in [-0.2, 0) is 0 Å². The fourth-order valence-corrected chi connectivity index (χ4v) is 1.92. The Balaban J connectivity index is 2.32. The molecule has 0 N–H and O–H groups in total. The van der Waals surface area contributed by atoms with Crippen LogP contribution in [0.4, 0.5) is 0 Å². The van der Waals surface area contributed by atoms with Crippen LogP contribution in [0.25, 0.3) is 11.3 Å². The van der Waals surface area contributed by atoms with Gasteiger partial charge in [-0.2, -0.15) is 0 Å². The number of aryl methyl sites for hydroxylation is 1. The normalized spacial score (nSPS) is 10.3. The Morgan fingerprint density at radius 1 is 1.18 bits per heavy atom. The summed E-state index contributed by atoms with van der Waals surface area (Å²) < 4.78 is 5.40. The molecule has 0 amide bonds. The van der Waals surface area contributed by atoms with Crippen molar-refractivity contribution in [2.45, 2.75) is 13.8 Å². The number of aromatic nitrogens is 1. The van der Waals surface area contributed by atoms with E-state index in [1.165, 1.54) is 0 Å². The lowest BCUT2D eigenvalue weighted by atomic mass is 10.1. The second kappa shape index (κ2) is 5.19. The second-order valence-electron chi connectivity index (χ2n) is 3.81. The van der Waals surface area contributed by atoms with Crippen LogP contribution < -0.4 is 4.74 Å². The molecule has 0 radical (unpaired) electrons. The van der Waals surface area contributed by atoms with Gasteiger partial charge in [-0.15, -0.1) is 0 Å². The average molecular weight is 248 g/mol. The van der Waals surface area contributed by atoms with Crippen molar-refractivity contribution in [1.29, 1.82) is 0 Å². The van der Waals surface area contributed by atoms with Crippen LogP contribution in [0.15, 0.2) is 36.4 Å². The zero-order valence-electron chi connectivity index (χ0n) is 9.90. The maximum absolute atomic E-state index is 5.95. The number of pyridine rings is 1. The first-order valence-electron chi connectivity index (χ1n) is 5.56. The van der Waals surface area contributed by atoms with Crippen LogP contribution in [0.3, 0.4) is 0 Å². The Labute approximate surface area is 106 Å². The maximum Gasteiger partial charge on any atom is 0.130 e. The fourth-order valence-electron chi connectivity index (χ4n) is 1.66. The Kier molecular flexibility index (Phi) is 3.64. The molecule has 0 aliphatic carbocycles. The molecule has 0 saturated heterocycles. The van der Waals surface area contributed by atoms with Gasteiger partial charge in [-0.05, 0) is 55.8 Å². The number of hydrogen-bond donors (Lipinski definition) is 0. The number of halogens is 1. The number of rotatable bonds is 3. The highest BCUT2D eigenvalue weighted by atomic mass is 35.5. The van der Waals surface area contributed by atoms with Gasteiger partial charge in [0, 0.05) is 5.56 Å². The van der Waals surface area contributed by atoms with Gasteiger partial charge in [0.1, 0.15) is 10.9 Å². The van der Waals surface area contributed by atoms with Crippen LogP contribution in [-0.4, -0.2) is 11.6 Å². The second-order valence-corrected chi connectivity index (χ2v) is 4.20. The Hall–Kier alpha value is -1.54. The lowest BCUT2D eigenvalue weighted by Gasteiger charge is -2.06. The van der Waals surface area contributed by atoms with Crippen LogP contribution >= 0.6 is 11.6 Å². The van der Waals surface area contributed by atoms with Crippen LogP contribution in [0, 0.1) is 6.92 Å². The first-order valence-corrected chi connectivity index (χ1v) is 5.94. The van der Waals surface area contributed by atoms with Crippen molar-refractivity contribution in [3.63, 3.8) is 0 Å². The van der Waals surface area contributed by atoms with E-state index >= 15 is 0 Å². The number of benzene rings is 1. The van der Waals surface area contributed by atoms with Crippen molar-refractivity contribution in [3.05, 3.63) is 47.1 Å². The molecule has 0 saturated carbocycles. The summed E-state index contributed by atoms with van der Waals surface area (Å²) in [5.41, 5.74) is 3.03. The summed E-state index contributed by atoms with van der Waals surface area (Å²) >= 11 is 5.95. The maximum atomic E-state index is 5.95. The lowest BCUT2D eigenvalue weighted by Crippen LogP contribution is -1.91. The summed E-state index contributed by atoms with van der Waals surface area (Å²) in [5.74, 6) is 0.870. The first-order chi connectivity index (χ1) is 8.19. The van der Waals surface area contributed by atoms with E-state index in [1.807, 2.05) is 50.2 Å². The van der Waals surface area contributed by atoms with Gasteiger partial charge in [-0.25, -0.2) is 4.98 Å². The molecular formula is C14H14ClNO. The minimum Gasteiger partial charge on any atom is -0.494 e. The standard InChI is InChI=1S/C14H14ClNO/c1-3-17-12-6-4-11(5-7-12)13-8-10(2)9-14(15)16-13/h4-9H,3H2,1-2H3. The molecule has 1 heterocycles. The molecule has 2 rings (SSSR count). The van der Waals surface area contributed by atoms with E-state index in [2.05, 4.69) is 4.98 Å². The van der Waals surface area contributed by atoms with E-state index in [0.717, 1.165) is 22.6 Å². The van der Waals surface area contributed by atoms with Crippen molar-refractivity contribution in [2.75, 3.05) is 6.61 Å². The zero-order valence-corrected chi connectivity index (χ0v) is 10.7. The molecule has 3 heteroatoms. The van der Waals surface area contributed by atoms with Gasteiger partial charge in [-0.3, -0.25) is 0 Å². The molecular weight excluding hydrogens is 234 g/mol. The first kappa shape index (κ1) is 11.9. The van der Waals surface area contributed by atoms with Crippen molar-refractivity contribution < 1.29 is 4.74 Å². The molecule has 2 aromatic rings. The third kappa shape index (κ3) is 2.98.